The predicted molar refractivity (Wildman–Crippen MR) is 141 cm³/mol. The zero-order chi connectivity index (χ0) is 25.1. The number of likely N-dealkylation sites (tertiary alicyclic amines) is 1. The van der Waals surface area contributed by atoms with Crippen molar-refractivity contribution in [2.45, 2.75) is 50.9 Å². The molecule has 2 amide bonds. The van der Waals surface area contributed by atoms with Crippen LogP contribution >= 0.6 is 0 Å². The Bertz CT molecular complexity index is 1040. The SMILES string of the molecule is Cc1ccc(CN2CC[C@@H]3[C@H]2C(=O)NC[C@H](CCC(=O)N2CCN(c4ccccn4)CC2)N3C)cc1. The fourth-order valence-corrected chi connectivity index (χ4v) is 5.93. The van der Waals surface area contributed by atoms with Crippen molar-refractivity contribution in [1.82, 2.24) is 25.0 Å². The van der Waals surface area contributed by atoms with Crippen molar-refractivity contribution in [1.29, 1.82) is 0 Å². The van der Waals surface area contributed by atoms with Gasteiger partial charge in [-0.25, -0.2) is 4.98 Å². The average molecular weight is 491 g/mol. The highest BCUT2D eigenvalue weighted by molar-refractivity contribution is 5.83. The number of piperazine rings is 1. The van der Waals surface area contributed by atoms with Crippen LogP contribution in [0.15, 0.2) is 48.7 Å². The molecular formula is C28H38N6O2. The molecule has 0 radical (unpaired) electrons. The second-order valence-corrected chi connectivity index (χ2v) is 10.4. The molecule has 2 aromatic rings. The number of rotatable bonds is 6. The van der Waals surface area contributed by atoms with Crippen LogP contribution < -0.4 is 10.2 Å². The third-order valence-corrected chi connectivity index (χ3v) is 8.15. The van der Waals surface area contributed by atoms with Gasteiger partial charge in [0.25, 0.3) is 0 Å². The average Bonchev–Trinajstić information content (AvgIpc) is 3.28. The number of anilines is 1. The maximum Gasteiger partial charge on any atom is 0.239 e. The van der Waals surface area contributed by atoms with E-state index in [1.165, 1.54) is 11.1 Å². The van der Waals surface area contributed by atoms with Crippen molar-refractivity contribution < 1.29 is 9.59 Å². The van der Waals surface area contributed by atoms with Crippen molar-refractivity contribution in [2.24, 2.45) is 0 Å². The number of pyridine rings is 1. The number of benzene rings is 1. The summed E-state index contributed by atoms with van der Waals surface area (Å²) in [5, 5.41) is 3.19. The number of aryl methyl sites for hydroxylation is 1. The van der Waals surface area contributed by atoms with Crippen LogP contribution in [0.25, 0.3) is 0 Å². The first-order valence-corrected chi connectivity index (χ1v) is 13.2. The number of carbonyl (C=O) groups is 2. The molecule has 8 nitrogen and oxygen atoms in total. The minimum Gasteiger partial charge on any atom is -0.353 e. The van der Waals surface area contributed by atoms with E-state index < -0.39 is 0 Å². The molecular weight excluding hydrogens is 452 g/mol. The standard InChI is InChI=1S/C28H38N6O2/c1-21-6-8-22(9-7-21)20-34-14-12-24-27(34)28(36)30-19-23(31(24)2)10-11-26(35)33-17-15-32(16-18-33)25-5-3-4-13-29-25/h3-9,13,23-24,27H,10-12,14-20H2,1-2H3,(H,30,36)/t23-,24+,27-/m0/s1. The highest BCUT2D eigenvalue weighted by Crippen LogP contribution is 2.29. The van der Waals surface area contributed by atoms with E-state index in [-0.39, 0.29) is 29.9 Å². The maximum absolute atomic E-state index is 13.1. The van der Waals surface area contributed by atoms with Crippen molar-refractivity contribution in [3.8, 4) is 0 Å². The first kappa shape index (κ1) is 24.7. The Kier molecular flexibility index (Phi) is 7.53. The largest absolute Gasteiger partial charge is 0.353 e. The van der Waals surface area contributed by atoms with Crippen LogP contribution in [0.1, 0.15) is 30.4 Å². The van der Waals surface area contributed by atoms with E-state index in [1.54, 1.807) is 0 Å². The molecule has 3 fully saturated rings. The minimum atomic E-state index is -0.142. The lowest BCUT2D eigenvalue weighted by atomic mass is 10.0. The number of amides is 2. The van der Waals surface area contributed by atoms with Crippen LogP contribution in [-0.4, -0.2) is 95.9 Å². The zero-order valence-electron chi connectivity index (χ0n) is 21.5. The Balaban J connectivity index is 1.14. The molecule has 0 unspecified atom stereocenters. The first-order chi connectivity index (χ1) is 17.5. The number of carbonyl (C=O) groups excluding carboxylic acids is 2. The normalized spacial score (nSPS) is 25.4. The summed E-state index contributed by atoms with van der Waals surface area (Å²) < 4.78 is 0. The van der Waals surface area contributed by atoms with Gasteiger partial charge in [-0.15, -0.1) is 0 Å². The molecule has 192 valence electrons. The molecule has 4 heterocycles. The Morgan fingerprint density at radius 3 is 2.56 bits per heavy atom. The lowest BCUT2D eigenvalue weighted by Gasteiger charge is -2.36. The van der Waals surface area contributed by atoms with Gasteiger partial charge in [-0.2, -0.15) is 0 Å². The van der Waals surface area contributed by atoms with Crippen LogP contribution in [0, 0.1) is 6.92 Å². The Labute approximate surface area is 214 Å². The maximum atomic E-state index is 13.1. The highest BCUT2D eigenvalue weighted by atomic mass is 16.2. The summed E-state index contributed by atoms with van der Waals surface area (Å²) in [7, 11) is 2.13. The van der Waals surface area contributed by atoms with Crippen LogP contribution in [0.4, 0.5) is 5.82 Å². The predicted octanol–water partition coefficient (Wildman–Crippen LogP) is 1.89. The van der Waals surface area contributed by atoms with Crippen molar-refractivity contribution >= 4 is 17.6 Å². The van der Waals surface area contributed by atoms with E-state index in [9.17, 15) is 9.59 Å². The molecule has 0 spiro atoms. The van der Waals surface area contributed by atoms with Crippen LogP contribution in [0.5, 0.6) is 0 Å². The number of aromatic nitrogens is 1. The number of fused-ring (bicyclic) bond motifs is 1. The van der Waals surface area contributed by atoms with Gasteiger partial charge in [0.15, 0.2) is 0 Å². The van der Waals surface area contributed by atoms with Gasteiger partial charge in [-0.05, 0) is 44.5 Å². The molecule has 0 aliphatic carbocycles. The number of likely N-dealkylation sites (N-methyl/N-ethyl adjacent to an activating group) is 1. The zero-order valence-corrected chi connectivity index (χ0v) is 21.5. The van der Waals surface area contributed by atoms with E-state index in [0.717, 1.165) is 57.9 Å². The number of hydrogen-bond donors (Lipinski definition) is 1. The fourth-order valence-electron chi connectivity index (χ4n) is 5.93. The summed E-state index contributed by atoms with van der Waals surface area (Å²) in [6.07, 6.45) is 4.06. The van der Waals surface area contributed by atoms with Gasteiger partial charge >= 0.3 is 0 Å². The van der Waals surface area contributed by atoms with Gasteiger partial charge in [-0.1, -0.05) is 35.9 Å². The molecule has 3 saturated heterocycles. The van der Waals surface area contributed by atoms with Crippen LogP contribution in [0.3, 0.4) is 0 Å². The minimum absolute atomic E-state index is 0.121. The number of nitrogens with zero attached hydrogens (tertiary/aromatic N) is 5. The Hall–Kier alpha value is -2.97. The fraction of sp³-hybridized carbons (Fsp3) is 0.536. The molecule has 3 atom stereocenters. The third kappa shape index (κ3) is 5.39. The van der Waals surface area contributed by atoms with Crippen LogP contribution in [-0.2, 0) is 16.1 Å². The van der Waals surface area contributed by atoms with E-state index in [4.69, 9.17) is 0 Å². The summed E-state index contributed by atoms with van der Waals surface area (Å²) >= 11 is 0. The lowest BCUT2D eigenvalue weighted by molar-refractivity contribution is -0.132. The molecule has 8 heteroatoms. The van der Waals surface area contributed by atoms with Gasteiger partial charge in [0, 0.05) is 70.5 Å². The summed E-state index contributed by atoms with van der Waals surface area (Å²) in [4.78, 5) is 39.5. The van der Waals surface area contributed by atoms with Gasteiger partial charge in [0.05, 0.1) is 0 Å². The van der Waals surface area contributed by atoms with Crippen molar-refractivity contribution in [3.05, 3.63) is 59.8 Å². The molecule has 5 rings (SSSR count). The Morgan fingerprint density at radius 2 is 1.83 bits per heavy atom. The third-order valence-electron chi connectivity index (χ3n) is 8.15. The topological polar surface area (TPSA) is 72.0 Å². The lowest BCUT2D eigenvalue weighted by Crippen LogP contribution is -2.50. The van der Waals surface area contributed by atoms with E-state index in [2.05, 4.69) is 63.2 Å². The van der Waals surface area contributed by atoms with Crippen molar-refractivity contribution in [3.63, 3.8) is 0 Å². The summed E-state index contributed by atoms with van der Waals surface area (Å²) in [6, 6.07) is 14.7. The summed E-state index contributed by atoms with van der Waals surface area (Å²) in [5.41, 5.74) is 2.49. The number of nitrogens with one attached hydrogen (secondary N) is 1. The van der Waals surface area contributed by atoms with Gasteiger partial charge in [-0.3, -0.25) is 19.4 Å². The van der Waals surface area contributed by atoms with Gasteiger partial charge in [0.2, 0.25) is 11.8 Å². The smallest absolute Gasteiger partial charge is 0.239 e. The van der Waals surface area contributed by atoms with E-state index >= 15 is 0 Å². The van der Waals surface area contributed by atoms with Crippen LogP contribution in [0.2, 0.25) is 0 Å². The molecule has 0 saturated carbocycles. The molecule has 3 aliphatic rings. The summed E-state index contributed by atoms with van der Waals surface area (Å²) in [6.45, 7) is 7.46. The summed E-state index contributed by atoms with van der Waals surface area (Å²) in [5.74, 6) is 1.31. The number of hydrogen-bond acceptors (Lipinski definition) is 6. The molecule has 1 aromatic carbocycles. The van der Waals surface area contributed by atoms with Crippen molar-refractivity contribution in [2.75, 3.05) is 51.2 Å². The monoisotopic (exact) mass is 490 g/mol. The molecule has 36 heavy (non-hydrogen) atoms. The van der Waals surface area contributed by atoms with E-state index in [0.29, 0.717) is 13.0 Å². The molecule has 0 bridgehead atoms. The molecule has 1 aromatic heterocycles. The second-order valence-electron chi connectivity index (χ2n) is 10.4. The first-order valence-electron chi connectivity index (χ1n) is 13.2. The quantitative estimate of drug-likeness (QED) is 0.667. The van der Waals surface area contributed by atoms with Gasteiger partial charge in [0.1, 0.15) is 11.9 Å². The Morgan fingerprint density at radius 1 is 1.06 bits per heavy atom. The van der Waals surface area contributed by atoms with E-state index in [1.807, 2.05) is 29.3 Å². The molecule has 1 N–H and O–H groups in total. The second kappa shape index (κ2) is 11.0. The highest BCUT2D eigenvalue weighted by Gasteiger charge is 2.45. The van der Waals surface area contributed by atoms with Gasteiger partial charge < -0.3 is 15.1 Å². The molecule has 3 aliphatic heterocycles.